The minimum Gasteiger partial charge on any atom is -0.389 e. The quantitative estimate of drug-likeness (QED) is 0.807. The molecule has 0 aliphatic heterocycles. The van der Waals surface area contributed by atoms with E-state index in [2.05, 4.69) is 12.2 Å². The topological polar surface area (TPSA) is 38.0 Å². The Labute approximate surface area is 111 Å². The number of hydrogen-bond donors (Lipinski definition) is 2. The fourth-order valence-corrected chi connectivity index (χ4v) is 2.11. The van der Waals surface area contributed by atoms with Crippen LogP contribution in [0.25, 0.3) is 0 Å². The Morgan fingerprint density at radius 2 is 1.94 bits per heavy atom. The number of rotatable bonds is 5. The third-order valence-electron chi connectivity index (χ3n) is 3.67. The maximum absolute atomic E-state index is 13.8. The Balaban J connectivity index is 2.15. The lowest BCUT2D eigenvalue weighted by Gasteiger charge is -2.16. The SMILES string of the molecule is CCC1(CNc2c(F)cc(C(N)=S)cc2F)CC1. The molecular formula is C13H16F2N2S. The highest BCUT2D eigenvalue weighted by molar-refractivity contribution is 7.80. The molecule has 0 atom stereocenters. The van der Waals surface area contributed by atoms with Crippen LogP contribution in [-0.2, 0) is 0 Å². The molecule has 1 aliphatic rings. The summed E-state index contributed by atoms with van der Waals surface area (Å²) < 4.78 is 27.5. The van der Waals surface area contributed by atoms with Crippen LogP contribution < -0.4 is 11.1 Å². The van der Waals surface area contributed by atoms with Gasteiger partial charge in [-0.25, -0.2) is 8.78 Å². The number of hydrogen-bond acceptors (Lipinski definition) is 2. The van der Waals surface area contributed by atoms with Gasteiger partial charge in [0, 0.05) is 12.1 Å². The van der Waals surface area contributed by atoms with E-state index in [0.29, 0.717) is 6.54 Å². The normalized spacial score (nSPS) is 16.4. The molecule has 0 spiro atoms. The third-order valence-corrected chi connectivity index (χ3v) is 3.91. The van der Waals surface area contributed by atoms with E-state index in [0.717, 1.165) is 19.3 Å². The highest BCUT2D eigenvalue weighted by Crippen LogP contribution is 2.48. The monoisotopic (exact) mass is 270 g/mol. The average molecular weight is 270 g/mol. The zero-order valence-corrected chi connectivity index (χ0v) is 11.0. The van der Waals surface area contributed by atoms with E-state index in [9.17, 15) is 8.78 Å². The average Bonchev–Trinajstić information content (AvgIpc) is 3.08. The first-order valence-electron chi connectivity index (χ1n) is 6.00. The summed E-state index contributed by atoms with van der Waals surface area (Å²) in [4.78, 5) is -0.00780. The van der Waals surface area contributed by atoms with Gasteiger partial charge in [0.25, 0.3) is 0 Å². The van der Waals surface area contributed by atoms with Crippen LogP contribution >= 0.6 is 12.2 Å². The highest BCUT2D eigenvalue weighted by atomic mass is 32.1. The second-order valence-corrected chi connectivity index (χ2v) is 5.33. The molecule has 0 amide bonds. The first kappa shape index (κ1) is 13.2. The Hall–Kier alpha value is -1.23. The maximum Gasteiger partial charge on any atom is 0.150 e. The van der Waals surface area contributed by atoms with Crippen molar-refractivity contribution in [2.45, 2.75) is 26.2 Å². The second kappa shape index (κ2) is 4.80. The fraction of sp³-hybridized carbons (Fsp3) is 0.462. The number of halogens is 2. The summed E-state index contributed by atoms with van der Waals surface area (Å²) in [6.45, 7) is 2.70. The van der Waals surface area contributed by atoms with Crippen molar-refractivity contribution in [1.82, 2.24) is 0 Å². The van der Waals surface area contributed by atoms with E-state index in [1.54, 1.807) is 0 Å². The van der Waals surface area contributed by atoms with Crippen LogP contribution in [0.4, 0.5) is 14.5 Å². The summed E-state index contributed by atoms with van der Waals surface area (Å²) in [7, 11) is 0. The van der Waals surface area contributed by atoms with Crippen molar-refractivity contribution in [1.29, 1.82) is 0 Å². The molecule has 3 N–H and O–H groups in total. The standard InChI is InChI=1S/C13H16F2N2S/c1-2-13(3-4-13)7-17-11-9(14)5-8(12(16)18)6-10(11)15/h5-6,17H,2-4,7H2,1H3,(H2,16,18). The molecule has 1 aromatic carbocycles. The molecule has 0 radical (unpaired) electrons. The van der Waals surface area contributed by atoms with E-state index in [4.69, 9.17) is 18.0 Å². The summed E-state index contributed by atoms with van der Waals surface area (Å²) >= 11 is 4.70. The number of nitrogens with one attached hydrogen (secondary N) is 1. The lowest BCUT2D eigenvalue weighted by Crippen LogP contribution is -2.17. The van der Waals surface area contributed by atoms with Crippen molar-refractivity contribution in [2.24, 2.45) is 11.1 Å². The van der Waals surface area contributed by atoms with Crippen molar-refractivity contribution in [3.8, 4) is 0 Å². The van der Waals surface area contributed by atoms with Crippen LogP contribution in [0.15, 0.2) is 12.1 Å². The number of anilines is 1. The van der Waals surface area contributed by atoms with E-state index in [1.165, 1.54) is 12.1 Å². The molecule has 0 unspecified atom stereocenters. The molecule has 2 rings (SSSR count). The number of benzene rings is 1. The summed E-state index contributed by atoms with van der Waals surface area (Å²) in [6.07, 6.45) is 3.25. The molecule has 1 fully saturated rings. The van der Waals surface area contributed by atoms with Crippen LogP contribution in [0, 0.1) is 17.0 Å². The highest BCUT2D eigenvalue weighted by Gasteiger charge is 2.40. The van der Waals surface area contributed by atoms with Gasteiger partial charge in [-0.05, 0) is 36.8 Å². The van der Waals surface area contributed by atoms with Gasteiger partial charge in [0.1, 0.15) is 22.3 Å². The van der Waals surface area contributed by atoms with Crippen LogP contribution in [-0.4, -0.2) is 11.5 Å². The molecule has 18 heavy (non-hydrogen) atoms. The summed E-state index contributed by atoms with van der Waals surface area (Å²) in [6, 6.07) is 2.33. The van der Waals surface area contributed by atoms with Gasteiger partial charge in [-0.3, -0.25) is 0 Å². The lowest BCUT2D eigenvalue weighted by atomic mass is 10.0. The third kappa shape index (κ3) is 2.61. The van der Waals surface area contributed by atoms with Crippen LogP contribution in [0.5, 0.6) is 0 Å². The minimum atomic E-state index is -0.648. The van der Waals surface area contributed by atoms with Gasteiger partial charge in [0.15, 0.2) is 0 Å². The largest absolute Gasteiger partial charge is 0.389 e. The number of nitrogens with two attached hydrogens (primary N) is 1. The van der Waals surface area contributed by atoms with E-state index in [-0.39, 0.29) is 21.7 Å². The predicted octanol–water partition coefficient (Wildman–Crippen LogP) is 3.20. The van der Waals surface area contributed by atoms with Gasteiger partial charge in [0.2, 0.25) is 0 Å². The van der Waals surface area contributed by atoms with Gasteiger partial charge < -0.3 is 11.1 Å². The molecule has 98 valence electrons. The molecule has 1 aliphatic carbocycles. The van der Waals surface area contributed by atoms with Crippen molar-refractivity contribution in [3.05, 3.63) is 29.3 Å². The van der Waals surface area contributed by atoms with Gasteiger partial charge in [-0.15, -0.1) is 0 Å². The maximum atomic E-state index is 13.8. The predicted molar refractivity (Wildman–Crippen MR) is 72.7 cm³/mol. The Bertz CT molecular complexity index is 461. The molecule has 5 heteroatoms. The van der Waals surface area contributed by atoms with E-state index >= 15 is 0 Å². The Morgan fingerprint density at radius 1 is 1.39 bits per heavy atom. The first-order chi connectivity index (χ1) is 8.47. The molecule has 0 bridgehead atoms. The summed E-state index contributed by atoms with van der Waals surface area (Å²) in [5.41, 5.74) is 5.70. The smallest absolute Gasteiger partial charge is 0.150 e. The zero-order chi connectivity index (χ0) is 13.3. The Morgan fingerprint density at radius 3 is 2.33 bits per heavy atom. The summed E-state index contributed by atoms with van der Waals surface area (Å²) in [5, 5.41) is 2.87. The van der Waals surface area contributed by atoms with Crippen molar-refractivity contribution < 1.29 is 8.78 Å². The van der Waals surface area contributed by atoms with E-state index in [1.807, 2.05) is 0 Å². The van der Waals surface area contributed by atoms with Crippen LogP contribution in [0.3, 0.4) is 0 Å². The molecule has 0 saturated heterocycles. The van der Waals surface area contributed by atoms with Crippen molar-refractivity contribution in [3.63, 3.8) is 0 Å². The van der Waals surface area contributed by atoms with E-state index < -0.39 is 11.6 Å². The number of thiocarbonyl (C=S) groups is 1. The zero-order valence-electron chi connectivity index (χ0n) is 10.2. The molecule has 1 aromatic rings. The molecule has 2 nitrogen and oxygen atoms in total. The van der Waals surface area contributed by atoms with Gasteiger partial charge in [-0.1, -0.05) is 19.1 Å². The molecule has 1 saturated carbocycles. The van der Waals surface area contributed by atoms with Crippen molar-refractivity contribution >= 4 is 22.9 Å². The summed E-state index contributed by atoms with van der Waals surface area (Å²) in [5.74, 6) is -1.30. The van der Waals surface area contributed by atoms with Gasteiger partial charge in [0.05, 0.1) is 0 Å². The fourth-order valence-electron chi connectivity index (χ4n) is 1.99. The molecular weight excluding hydrogens is 254 g/mol. The molecule has 0 heterocycles. The van der Waals surface area contributed by atoms with Crippen molar-refractivity contribution in [2.75, 3.05) is 11.9 Å². The second-order valence-electron chi connectivity index (χ2n) is 4.89. The van der Waals surface area contributed by atoms with Gasteiger partial charge in [-0.2, -0.15) is 0 Å². The van der Waals surface area contributed by atoms with Crippen LogP contribution in [0.2, 0.25) is 0 Å². The van der Waals surface area contributed by atoms with Gasteiger partial charge >= 0.3 is 0 Å². The lowest BCUT2D eigenvalue weighted by molar-refractivity contribution is 0.514. The Kier molecular flexibility index (Phi) is 3.52. The molecule has 0 aromatic heterocycles. The minimum absolute atomic E-state index is 0.00780. The first-order valence-corrected chi connectivity index (χ1v) is 6.41. The van der Waals surface area contributed by atoms with Crippen LogP contribution in [0.1, 0.15) is 31.7 Å².